The largest absolute Gasteiger partial charge is 0.396 e. The summed E-state index contributed by atoms with van der Waals surface area (Å²) in [6.45, 7) is 6.26. The number of nitrogens with zero attached hydrogens (tertiary/aromatic N) is 1. The highest BCUT2D eigenvalue weighted by Crippen LogP contribution is 2.41. The molecule has 1 aliphatic rings. The Bertz CT molecular complexity index is 490. The lowest BCUT2D eigenvalue weighted by Gasteiger charge is -2.17. The van der Waals surface area contributed by atoms with E-state index in [-0.39, 0.29) is 12.5 Å². The summed E-state index contributed by atoms with van der Waals surface area (Å²) in [4.78, 5) is 14.0. The first-order valence-corrected chi connectivity index (χ1v) is 6.94. The second kappa shape index (κ2) is 4.97. The van der Waals surface area contributed by atoms with Crippen molar-refractivity contribution in [2.45, 2.75) is 39.0 Å². The van der Waals surface area contributed by atoms with E-state index < -0.39 is 5.41 Å². The van der Waals surface area contributed by atoms with Crippen LogP contribution in [0.4, 0.5) is 5.69 Å². The Balaban J connectivity index is 2.35. The molecule has 0 fully saturated rings. The Labute approximate surface area is 115 Å². The van der Waals surface area contributed by atoms with Gasteiger partial charge in [-0.2, -0.15) is 0 Å². The highest BCUT2D eigenvalue weighted by Gasteiger charge is 2.42. The van der Waals surface area contributed by atoms with Gasteiger partial charge < -0.3 is 10.0 Å². The molecule has 1 unspecified atom stereocenters. The summed E-state index contributed by atoms with van der Waals surface area (Å²) in [5, 5.41) is 9.31. The fraction of sp³-hybridized carbons (Fsp3) is 0.562. The Morgan fingerprint density at radius 3 is 2.63 bits per heavy atom. The van der Waals surface area contributed by atoms with Crippen LogP contribution in [0.5, 0.6) is 0 Å². The van der Waals surface area contributed by atoms with Crippen LogP contribution in [0.2, 0.25) is 0 Å². The quantitative estimate of drug-likeness (QED) is 0.904. The van der Waals surface area contributed by atoms with E-state index in [1.54, 1.807) is 4.90 Å². The lowest BCUT2D eigenvalue weighted by molar-refractivity contribution is -0.121. The molecule has 104 valence electrons. The maximum atomic E-state index is 12.2. The van der Waals surface area contributed by atoms with Gasteiger partial charge in [0, 0.05) is 19.3 Å². The fourth-order valence-electron chi connectivity index (χ4n) is 2.82. The van der Waals surface area contributed by atoms with Gasteiger partial charge in [-0.3, -0.25) is 4.79 Å². The molecule has 2 rings (SSSR count). The van der Waals surface area contributed by atoms with Crippen LogP contribution < -0.4 is 4.90 Å². The van der Waals surface area contributed by atoms with E-state index >= 15 is 0 Å². The molecule has 1 amide bonds. The Morgan fingerprint density at radius 2 is 2.05 bits per heavy atom. The van der Waals surface area contributed by atoms with Gasteiger partial charge >= 0.3 is 0 Å². The van der Waals surface area contributed by atoms with Crippen LogP contribution in [0.3, 0.4) is 0 Å². The van der Waals surface area contributed by atoms with Gasteiger partial charge in [0.1, 0.15) is 0 Å². The first kappa shape index (κ1) is 14.1. The summed E-state index contributed by atoms with van der Waals surface area (Å²) in [5.74, 6) is 0.449. The molecule has 0 radical (unpaired) electrons. The number of fused-ring (bicyclic) bond motifs is 1. The number of amides is 1. The molecule has 1 atom stereocenters. The van der Waals surface area contributed by atoms with Crippen molar-refractivity contribution in [2.24, 2.45) is 5.92 Å². The monoisotopic (exact) mass is 261 g/mol. The van der Waals surface area contributed by atoms with Crippen LogP contribution in [0.15, 0.2) is 18.2 Å². The zero-order valence-corrected chi connectivity index (χ0v) is 12.2. The van der Waals surface area contributed by atoms with Gasteiger partial charge in [0.25, 0.3) is 0 Å². The molecule has 0 saturated carbocycles. The van der Waals surface area contributed by atoms with Gasteiger partial charge in [-0.1, -0.05) is 25.5 Å². The zero-order chi connectivity index (χ0) is 14.2. The first-order chi connectivity index (χ1) is 8.91. The Hall–Kier alpha value is -1.35. The minimum atomic E-state index is -0.443. The molecule has 19 heavy (non-hydrogen) atoms. The summed E-state index contributed by atoms with van der Waals surface area (Å²) in [6.07, 6.45) is 1.84. The predicted molar refractivity (Wildman–Crippen MR) is 77.4 cm³/mol. The van der Waals surface area contributed by atoms with Gasteiger partial charge in [0.05, 0.1) is 5.41 Å². The van der Waals surface area contributed by atoms with Crippen LogP contribution in [0.25, 0.3) is 0 Å². The molecule has 0 saturated heterocycles. The third-order valence-corrected chi connectivity index (χ3v) is 4.29. The van der Waals surface area contributed by atoms with Gasteiger partial charge in [-0.15, -0.1) is 0 Å². The van der Waals surface area contributed by atoms with Gasteiger partial charge in [-0.25, -0.2) is 0 Å². The van der Waals surface area contributed by atoms with Gasteiger partial charge in [-0.05, 0) is 43.4 Å². The second-order valence-electron chi connectivity index (χ2n) is 6.00. The Kier molecular flexibility index (Phi) is 3.68. The van der Waals surface area contributed by atoms with Crippen molar-refractivity contribution < 1.29 is 9.90 Å². The number of carbonyl (C=O) groups excluding carboxylic acids is 1. The summed E-state index contributed by atoms with van der Waals surface area (Å²) in [5.41, 5.74) is 2.87. The number of aliphatic hydroxyl groups excluding tert-OH is 1. The SMILES string of the molecule is CCC(CO)Cc1ccc2c(c1)C(C)(C)C(=O)N2C. The van der Waals surface area contributed by atoms with E-state index in [1.165, 1.54) is 5.56 Å². The van der Waals surface area contributed by atoms with E-state index in [0.717, 1.165) is 24.1 Å². The summed E-state index contributed by atoms with van der Waals surface area (Å²) in [7, 11) is 1.83. The molecule has 3 nitrogen and oxygen atoms in total. The number of benzene rings is 1. The molecule has 0 spiro atoms. The molecule has 1 aromatic rings. The average Bonchev–Trinajstić information content (AvgIpc) is 2.58. The molecular weight excluding hydrogens is 238 g/mol. The number of likely N-dealkylation sites (N-methyl/N-ethyl adjacent to an activating group) is 1. The number of aliphatic hydroxyl groups is 1. The number of carbonyl (C=O) groups is 1. The minimum absolute atomic E-state index is 0.147. The average molecular weight is 261 g/mol. The van der Waals surface area contributed by atoms with Crippen molar-refractivity contribution in [1.29, 1.82) is 0 Å². The highest BCUT2D eigenvalue weighted by molar-refractivity contribution is 6.07. The number of hydrogen-bond donors (Lipinski definition) is 1. The third kappa shape index (κ3) is 2.27. The van der Waals surface area contributed by atoms with E-state index in [1.807, 2.05) is 27.0 Å². The van der Waals surface area contributed by atoms with Crippen molar-refractivity contribution in [3.63, 3.8) is 0 Å². The smallest absolute Gasteiger partial charge is 0.236 e. The van der Waals surface area contributed by atoms with Crippen LogP contribution in [-0.2, 0) is 16.6 Å². The van der Waals surface area contributed by atoms with Crippen LogP contribution in [0, 0.1) is 5.92 Å². The molecular formula is C16H23NO2. The normalized spacial score (nSPS) is 18.6. The van der Waals surface area contributed by atoms with E-state index in [4.69, 9.17) is 0 Å². The fourth-order valence-corrected chi connectivity index (χ4v) is 2.82. The topological polar surface area (TPSA) is 40.5 Å². The van der Waals surface area contributed by atoms with Crippen LogP contribution in [-0.4, -0.2) is 24.7 Å². The second-order valence-corrected chi connectivity index (χ2v) is 6.00. The molecule has 0 aliphatic carbocycles. The number of hydrogen-bond acceptors (Lipinski definition) is 2. The van der Waals surface area contributed by atoms with Crippen molar-refractivity contribution in [1.82, 2.24) is 0 Å². The molecule has 1 heterocycles. The lowest BCUT2D eigenvalue weighted by Crippen LogP contribution is -2.33. The van der Waals surface area contributed by atoms with Crippen LogP contribution >= 0.6 is 0 Å². The molecule has 3 heteroatoms. The maximum absolute atomic E-state index is 12.2. The maximum Gasteiger partial charge on any atom is 0.236 e. The predicted octanol–water partition coefficient (Wildman–Crippen LogP) is 2.50. The molecule has 0 bridgehead atoms. The van der Waals surface area contributed by atoms with Gasteiger partial charge in [0.2, 0.25) is 5.91 Å². The minimum Gasteiger partial charge on any atom is -0.396 e. The van der Waals surface area contributed by atoms with E-state index in [9.17, 15) is 9.90 Å². The van der Waals surface area contributed by atoms with E-state index in [0.29, 0.717) is 5.92 Å². The summed E-state index contributed by atoms with van der Waals surface area (Å²) < 4.78 is 0. The third-order valence-electron chi connectivity index (χ3n) is 4.29. The van der Waals surface area contributed by atoms with Crippen molar-refractivity contribution in [3.05, 3.63) is 29.3 Å². The molecule has 1 aromatic carbocycles. The van der Waals surface area contributed by atoms with Crippen molar-refractivity contribution in [3.8, 4) is 0 Å². The molecule has 0 aromatic heterocycles. The number of rotatable bonds is 4. The number of anilines is 1. The summed E-state index contributed by atoms with van der Waals surface area (Å²) in [6, 6.07) is 6.23. The standard InChI is InChI=1S/C16H23NO2/c1-5-11(10-18)8-12-6-7-14-13(9-12)16(2,3)15(19)17(14)4/h6-7,9,11,18H,5,8,10H2,1-4H3. The van der Waals surface area contributed by atoms with Crippen molar-refractivity contribution >= 4 is 11.6 Å². The van der Waals surface area contributed by atoms with E-state index in [2.05, 4.69) is 19.1 Å². The molecule has 1 aliphatic heterocycles. The summed E-state index contributed by atoms with van der Waals surface area (Å²) >= 11 is 0. The highest BCUT2D eigenvalue weighted by atomic mass is 16.3. The van der Waals surface area contributed by atoms with Crippen molar-refractivity contribution in [2.75, 3.05) is 18.6 Å². The van der Waals surface area contributed by atoms with Crippen LogP contribution in [0.1, 0.15) is 38.3 Å². The lowest BCUT2D eigenvalue weighted by atomic mass is 9.84. The first-order valence-electron chi connectivity index (χ1n) is 6.94. The Morgan fingerprint density at radius 1 is 1.37 bits per heavy atom. The molecule has 1 N–H and O–H groups in total. The van der Waals surface area contributed by atoms with Gasteiger partial charge in [0.15, 0.2) is 0 Å². The zero-order valence-electron chi connectivity index (χ0n) is 12.2.